The highest BCUT2D eigenvalue weighted by Crippen LogP contribution is 2.22. The highest BCUT2D eigenvalue weighted by atomic mass is 32.1. The zero-order valence-electron chi connectivity index (χ0n) is 15.8. The molecule has 1 heterocycles. The number of methoxy groups -OCH3 is 1. The number of carbonyl (C=O) groups is 1. The molecule has 28 heavy (non-hydrogen) atoms. The number of halogens is 1. The zero-order chi connectivity index (χ0) is 19.9. The van der Waals surface area contributed by atoms with Gasteiger partial charge in [-0.05, 0) is 60.3 Å². The Morgan fingerprint density at radius 3 is 2.61 bits per heavy atom. The minimum absolute atomic E-state index is 0.178. The predicted molar refractivity (Wildman–Crippen MR) is 109 cm³/mol. The SMILES string of the molecule is COc1cccc(COC(C)C(=O)N(Cc2cccs2)c2ccc(F)cc2)c1. The molecular weight excluding hydrogens is 377 g/mol. The van der Waals surface area contributed by atoms with Gasteiger partial charge in [0.2, 0.25) is 0 Å². The van der Waals surface area contributed by atoms with Gasteiger partial charge in [0.05, 0.1) is 20.3 Å². The molecule has 0 aliphatic rings. The molecule has 4 nitrogen and oxygen atoms in total. The Bertz CT molecular complexity index is 896. The lowest BCUT2D eigenvalue weighted by Gasteiger charge is -2.25. The van der Waals surface area contributed by atoms with E-state index in [-0.39, 0.29) is 11.7 Å². The largest absolute Gasteiger partial charge is 0.497 e. The first kappa shape index (κ1) is 20.0. The van der Waals surface area contributed by atoms with Gasteiger partial charge in [0.25, 0.3) is 5.91 Å². The van der Waals surface area contributed by atoms with Crippen LogP contribution in [0, 0.1) is 5.82 Å². The second-order valence-corrected chi connectivity index (χ2v) is 7.32. The van der Waals surface area contributed by atoms with Gasteiger partial charge < -0.3 is 14.4 Å². The molecule has 2 aromatic carbocycles. The molecular formula is C22H22FNO3S. The van der Waals surface area contributed by atoms with Crippen molar-refractivity contribution in [2.45, 2.75) is 26.2 Å². The number of rotatable bonds is 8. The summed E-state index contributed by atoms with van der Waals surface area (Å²) in [5, 5.41) is 1.96. The van der Waals surface area contributed by atoms with Crippen LogP contribution in [0.25, 0.3) is 0 Å². The van der Waals surface area contributed by atoms with Gasteiger partial charge in [-0.3, -0.25) is 4.79 Å². The summed E-state index contributed by atoms with van der Waals surface area (Å²) in [5.41, 5.74) is 1.56. The van der Waals surface area contributed by atoms with Crippen LogP contribution < -0.4 is 9.64 Å². The topological polar surface area (TPSA) is 38.8 Å². The third-order valence-electron chi connectivity index (χ3n) is 4.28. The Morgan fingerprint density at radius 2 is 1.93 bits per heavy atom. The summed E-state index contributed by atoms with van der Waals surface area (Å²) >= 11 is 1.57. The Kier molecular flexibility index (Phi) is 6.79. The first-order valence-electron chi connectivity index (χ1n) is 8.90. The molecule has 0 aliphatic carbocycles. The third kappa shape index (κ3) is 5.18. The molecule has 0 fully saturated rings. The summed E-state index contributed by atoms with van der Waals surface area (Å²) in [6.45, 7) is 2.43. The molecule has 0 saturated carbocycles. The molecule has 3 rings (SSSR count). The van der Waals surface area contributed by atoms with Gasteiger partial charge >= 0.3 is 0 Å². The minimum atomic E-state index is -0.656. The second kappa shape index (κ2) is 9.48. The van der Waals surface area contributed by atoms with Crippen molar-refractivity contribution in [3.8, 4) is 5.75 Å². The first-order chi connectivity index (χ1) is 13.6. The highest BCUT2D eigenvalue weighted by molar-refractivity contribution is 7.09. The molecule has 1 amide bonds. The van der Waals surface area contributed by atoms with E-state index in [1.807, 2.05) is 41.8 Å². The molecule has 0 N–H and O–H groups in total. The molecule has 0 spiro atoms. The van der Waals surface area contributed by atoms with E-state index in [9.17, 15) is 9.18 Å². The summed E-state index contributed by atoms with van der Waals surface area (Å²) in [4.78, 5) is 15.8. The van der Waals surface area contributed by atoms with E-state index in [2.05, 4.69) is 0 Å². The molecule has 0 saturated heterocycles. The van der Waals surface area contributed by atoms with E-state index >= 15 is 0 Å². The number of anilines is 1. The van der Waals surface area contributed by atoms with Gasteiger partial charge in [0, 0.05) is 10.6 Å². The first-order valence-corrected chi connectivity index (χ1v) is 9.78. The average molecular weight is 399 g/mol. The maximum atomic E-state index is 13.3. The van der Waals surface area contributed by atoms with Crippen LogP contribution >= 0.6 is 11.3 Å². The maximum Gasteiger partial charge on any atom is 0.256 e. The fourth-order valence-electron chi connectivity index (χ4n) is 2.75. The fraction of sp³-hybridized carbons (Fsp3) is 0.227. The number of amides is 1. The van der Waals surface area contributed by atoms with Crippen molar-refractivity contribution < 1.29 is 18.7 Å². The summed E-state index contributed by atoms with van der Waals surface area (Å²) in [7, 11) is 1.61. The third-order valence-corrected chi connectivity index (χ3v) is 5.14. The second-order valence-electron chi connectivity index (χ2n) is 6.28. The molecule has 0 radical (unpaired) electrons. The van der Waals surface area contributed by atoms with Crippen molar-refractivity contribution in [3.63, 3.8) is 0 Å². The van der Waals surface area contributed by atoms with Gasteiger partial charge in [0.1, 0.15) is 17.7 Å². The molecule has 0 bridgehead atoms. The molecule has 1 aromatic heterocycles. The van der Waals surface area contributed by atoms with Crippen LogP contribution in [0.15, 0.2) is 66.0 Å². The fourth-order valence-corrected chi connectivity index (χ4v) is 3.44. The Labute approximate surface area is 168 Å². The van der Waals surface area contributed by atoms with E-state index in [0.29, 0.717) is 18.8 Å². The minimum Gasteiger partial charge on any atom is -0.497 e. The lowest BCUT2D eigenvalue weighted by molar-refractivity contribution is -0.129. The van der Waals surface area contributed by atoms with Crippen LogP contribution in [0.5, 0.6) is 5.75 Å². The summed E-state index contributed by atoms with van der Waals surface area (Å²) in [6, 6.07) is 17.4. The van der Waals surface area contributed by atoms with Crippen molar-refractivity contribution in [2.24, 2.45) is 0 Å². The van der Waals surface area contributed by atoms with E-state index in [1.54, 1.807) is 42.4 Å². The normalized spacial score (nSPS) is 11.8. The number of nitrogens with zero attached hydrogens (tertiary/aromatic N) is 1. The van der Waals surface area contributed by atoms with Crippen LogP contribution in [-0.4, -0.2) is 19.1 Å². The molecule has 3 aromatic rings. The highest BCUT2D eigenvalue weighted by Gasteiger charge is 2.23. The monoisotopic (exact) mass is 399 g/mol. The maximum absolute atomic E-state index is 13.3. The number of carbonyl (C=O) groups excluding carboxylic acids is 1. The molecule has 0 aliphatic heterocycles. The number of thiophene rings is 1. The molecule has 6 heteroatoms. The van der Waals surface area contributed by atoms with Gasteiger partial charge in [-0.25, -0.2) is 4.39 Å². The summed E-state index contributed by atoms with van der Waals surface area (Å²) in [6.07, 6.45) is -0.656. The number of hydrogen-bond acceptors (Lipinski definition) is 4. The quantitative estimate of drug-likeness (QED) is 0.533. The molecule has 1 atom stereocenters. The number of benzene rings is 2. The van der Waals surface area contributed by atoms with Crippen LogP contribution in [0.2, 0.25) is 0 Å². The van der Waals surface area contributed by atoms with Crippen molar-refractivity contribution >= 4 is 22.9 Å². The van der Waals surface area contributed by atoms with Crippen LogP contribution in [0.4, 0.5) is 10.1 Å². The van der Waals surface area contributed by atoms with Crippen molar-refractivity contribution in [1.29, 1.82) is 0 Å². The summed E-state index contributed by atoms with van der Waals surface area (Å²) < 4.78 is 24.4. The molecule has 1 unspecified atom stereocenters. The van der Waals surface area contributed by atoms with Gasteiger partial charge in [-0.15, -0.1) is 11.3 Å². The standard InChI is InChI=1S/C22H22FNO3S/c1-16(27-15-17-5-3-6-20(13-17)26-2)22(25)24(14-21-7-4-12-28-21)19-10-8-18(23)9-11-19/h3-13,16H,14-15H2,1-2H3. The Balaban J connectivity index is 1.72. The van der Waals surface area contributed by atoms with Crippen LogP contribution in [0.3, 0.4) is 0 Å². The van der Waals surface area contributed by atoms with E-state index in [4.69, 9.17) is 9.47 Å². The Morgan fingerprint density at radius 1 is 1.14 bits per heavy atom. The van der Waals surface area contributed by atoms with Crippen molar-refractivity contribution in [2.75, 3.05) is 12.0 Å². The van der Waals surface area contributed by atoms with Gasteiger partial charge in [0.15, 0.2) is 0 Å². The average Bonchev–Trinajstić information content (AvgIpc) is 3.24. The molecule has 146 valence electrons. The van der Waals surface area contributed by atoms with Gasteiger partial charge in [-0.1, -0.05) is 18.2 Å². The lowest BCUT2D eigenvalue weighted by atomic mass is 10.2. The number of ether oxygens (including phenoxy) is 2. The van der Waals surface area contributed by atoms with Crippen LogP contribution in [0.1, 0.15) is 17.4 Å². The van der Waals surface area contributed by atoms with Crippen molar-refractivity contribution in [3.05, 3.63) is 82.3 Å². The summed E-state index contributed by atoms with van der Waals surface area (Å²) in [5.74, 6) is 0.225. The smallest absolute Gasteiger partial charge is 0.256 e. The number of hydrogen-bond donors (Lipinski definition) is 0. The van der Waals surface area contributed by atoms with E-state index in [1.165, 1.54) is 12.1 Å². The lowest BCUT2D eigenvalue weighted by Crippen LogP contribution is -2.38. The van der Waals surface area contributed by atoms with E-state index in [0.717, 1.165) is 16.2 Å². The Hall–Kier alpha value is -2.70. The predicted octanol–water partition coefficient (Wildman–Crippen LogP) is 5.03. The van der Waals surface area contributed by atoms with Gasteiger partial charge in [-0.2, -0.15) is 0 Å². The van der Waals surface area contributed by atoms with Crippen molar-refractivity contribution in [1.82, 2.24) is 0 Å². The van der Waals surface area contributed by atoms with E-state index < -0.39 is 6.10 Å². The zero-order valence-corrected chi connectivity index (χ0v) is 16.6. The van der Waals surface area contributed by atoms with Crippen LogP contribution in [-0.2, 0) is 22.7 Å².